The lowest BCUT2D eigenvalue weighted by Gasteiger charge is -2.19. The predicted octanol–water partition coefficient (Wildman–Crippen LogP) is 3.93. The molecular formula is C41H49ClN10O6. The molecule has 0 radical (unpaired) electrons. The van der Waals surface area contributed by atoms with E-state index in [4.69, 9.17) is 44.0 Å². The van der Waals surface area contributed by atoms with E-state index >= 15 is 0 Å². The fourth-order valence-electron chi connectivity index (χ4n) is 6.01. The van der Waals surface area contributed by atoms with E-state index in [1.807, 2.05) is 49.4 Å². The summed E-state index contributed by atoms with van der Waals surface area (Å²) >= 11 is 6.77. The number of carboxylic acid groups (broad SMARTS) is 2. The van der Waals surface area contributed by atoms with Crippen molar-refractivity contribution < 1.29 is 29.3 Å². The van der Waals surface area contributed by atoms with Crippen LogP contribution in [0.2, 0.25) is 5.02 Å². The summed E-state index contributed by atoms with van der Waals surface area (Å²) in [5, 5.41) is 35.4. The zero-order chi connectivity index (χ0) is 42.0. The third-order valence-electron chi connectivity index (χ3n) is 9.08. The molecule has 0 fully saturated rings. The summed E-state index contributed by atoms with van der Waals surface area (Å²) in [4.78, 5) is 35.9. The first-order valence-corrected chi connectivity index (χ1v) is 18.8. The van der Waals surface area contributed by atoms with E-state index in [1.165, 1.54) is 6.20 Å². The van der Waals surface area contributed by atoms with Gasteiger partial charge in [-0.05, 0) is 78.6 Å². The Labute approximate surface area is 341 Å². The highest BCUT2D eigenvalue weighted by molar-refractivity contribution is 6.32. The van der Waals surface area contributed by atoms with Gasteiger partial charge in [-0.25, -0.2) is 0 Å². The Balaban J connectivity index is 1.51. The van der Waals surface area contributed by atoms with Crippen LogP contribution in [0, 0.1) is 18.3 Å². The number of aliphatic carboxylic acids is 2. The van der Waals surface area contributed by atoms with E-state index in [9.17, 15) is 25.1 Å². The number of nitrogens with zero attached hydrogens (tertiary/aromatic N) is 4. The molecule has 4 rings (SSSR count). The van der Waals surface area contributed by atoms with E-state index < -0.39 is 24.0 Å². The molecule has 0 saturated heterocycles. The highest BCUT2D eigenvalue weighted by Gasteiger charge is 2.20. The fraction of sp³-hybridized carbons (Fsp3) is 0.317. The number of rotatable bonds is 23. The van der Waals surface area contributed by atoms with Gasteiger partial charge in [0.05, 0.1) is 10.6 Å². The quantitative estimate of drug-likeness (QED) is 0.0299. The van der Waals surface area contributed by atoms with Crippen molar-refractivity contribution in [2.24, 2.45) is 32.9 Å². The molecule has 1 heterocycles. The largest absolute Gasteiger partial charge is 0.488 e. The van der Waals surface area contributed by atoms with Gasteiger partial charge in [-0.3, -0.25) is 24.6 Å². The predicted molar refractivity (Wildman–Crippen MR) is 222 cm³/mol. The van der Waals surface area contributed by atoms with Crippen LogP contribution in [-0.4, -0.2) is 64.2 Å². The van der Waals surface area contributed by atoms with Crippen molar-refractivity contribution in [1.82, 2.24) is 15.6 Å². The topological polar surface area (TPSA) is 283 Å². The van der Waals surface area contributed by atoms with Crippen LogP contribution in [0.4, 0.5) is 0 Å². The maximum atomic E-state index is 12.0. The number of aromatic nitrogens is 1. The Bertz CT molecular complexity index is 2130. The normalized spacial score (nSPS) is 11.8. The van der Waals surface area contributed by atoms with Crippen molar-refractivity contribution in [3.05, 3.63) is 111 Å². The first-order chi connectivity index (χ1) is 27.8. The molecule has 17 heteroatoms. The lowest BCUT2D eigenvalue weighted by atomic mass is 9.95. The lowest BCUT2D eigenvalue weighted by Crippen LogP contribution is -2.36. The van der Waals surface area contributed by atoms with Gasteiger partial charge in [0.25, 0.3) is 0 Å². The standard InChI is InChI=1S/C41H49ClN10O6/c1-25-30(8-3-9-32(25)29-7-2-6-26(15-29)21-51-34(38(53)54)10-4-12-49-40(44)45)24-58-37-17-36(57-23-28-14-27(18-43)19-48-20-28)31(16-33(37)42)22-52-35(39(55)56)11-5-13-50-41(46)47/h2-3,6-9,14-17,19-20,34-35,51-52H,4-5,10-13,21-24H2,1H3,(H,53,54)(H,55,56)(H4,44,45,49)(H4,46,47,50)/t34-,35-/m0/s1. The molecule has 1 aromatic heterocycles. The molecule has 4 aromatic rings. The second-order valence-electron chi connectivity index (χ2n) is 13.4. The molecule has 0 amide bonds. The molecule has 0 saturated carbocycles. The minimum atomic E-state index is -1.03. The number of ether oxygens (including phenoxy) is 2. The molecule has 0 aliphatic heterocycles. The van der Waals surface area contributed by atoms with Gasteiger partial charge >= 0.3 is 11.9 Å². The smallest absolute Gasteiger partial charge is 0.320 e. The molecule has 58 heavy (non-hydrogen) atoms. The van der Waals surface area contributed by atoms with Crippen molar-refractivity contribution in [1.29, 1.82) is 5.26 Å². The Kier molecular flexibility index (Phi) is 17.1. The Morgan fingerprint density at radius 3 is 2.09 bits per heavy atom. The molecule has 306 valence electrons. The third kappa shape index (κ3) is 14.0. The van der Waals surface area contributed by atoms with Gasteiger partial charge in [-0.15, -0.1) is 0 Å². The molecule has 16 nitrogen and oxygen atoms in total. The summed E-state index contributed by atoms with van der Waals surface area (Å²) in [6.07, 6.45) is 4.65. The summed E-state index contributed by atoms with van der Waals surface area (Å²) in [6.45, 7) is 3.34. The van der Waals surface area contributed by atoms with Crippen LogP contribution in [0.3, 0.4) is 0 Å². The summed E-state index contributed by atoms with van der Waals surface area (Å²) < 4.78 is 12.5. The van der Waals surface area contributed by atoms with Crippen molar-refractivity contribution in [2.75, 3.05) is 13.1 Å². The molecule has 0 spiro atoms. The van der Waals surface area contributed by atoms with Crippen LogP contribution in [0.25, 0.3) is 11.1 Å². The number of hydrogen-bond donors (Lipinski definition) is 8. The molecule has 0 bridgehead atoms. The van der Waals surface area contributed by atoms with E-state index in [1.54, 1.807) is 24.4 Å². The monoisotopic (exact) mass is 812 g/mol. The Hall–Kier alpha value is -6.41. The number of nitrogens with one attached hydrogen (secondary N) is 2. The number of aliphatic imine (C=N–C) groups is 2. The van der Waals surface area contributed by atoms with Gasteiger partial charge in [0, 0.05) is 55.8 Å². The first-order valence-electron chi connectivity index (χ1n) is 18.5. The summed E-state index contributed by atoms with van der Waals surface area (Å²) in [6, 6.07) is 19.2. The van der Waals surface area contributed by atoms with Gasteiger partial charge in [0.2, 0.25) is 0 Å². The van der Waals surface area contributed by atoms with Crippen LogP contribution >= 0.6 is 11.6 Å². The number of pyridine rings is 1. The van der Waals surface area contributed by atoms with Gasteiger partial charge in [0.15, 0.2) is 11.9 Å². The number of halogens is 1. The van der Waals surface area contributed by atoms with E-state index in [-0.39, 0.29) is 38.1 Å². The SMILES string of the molecule is Cc1c(COc2cc(OCc3cncc(C#N)c3)c(CN[C@@H](CCCN=C(N)N)C(=O)O)cc2Cl)cccc1-c1cccc(CN[C@@H](CCCN=C(N)N)C(=O)O)c1. The molecule has 0 aliphatic rings. The van der Waals surface area contributed by atoms with E-state index in [2.05, 4.69) is 31.7 Å². The van der Waals surface area contributed by atoms with Crippen molar-refractivity contribution >= 4 is 35.5 Å². The minimum Gasteiger partial charge on any atom is -0.488 e. The highest BCUT2D eigenvalue weighted by Crippen LogP contribution is 2.35. The third-order valence-corrected chi connectivity index (χ3v) is 9.37. The van der Waals surface area contributed by atoms with Crippen molar-refractivity contribution in [3.8, 4) is 28.7 Å². The van der Waals surface area contributed by atoms with Gasteiger partial charge in [0.1, 0.15) is 42.9 Å². The summed E-state index contributed by atoms with van der Waals surface area (Å²) in [5.41, 5.74) is 27.9. The average Bonchev–Trinajstić information content (AvgIpc) is 3.19. The second kappa shape index (κ2) is 22.4. The number of hydrogen-bond acceptors (Lipinski definition) is 10. The van der Waals surface area contributed by atoms with Crippen molar-refractivity contribution in [3.63, 3.8) is 0 Å². The van der Waals surface area contributed by atoms with Gasteiger partial charge in [-0.1, -0.05) is 48.0 Å². The average molecular weight is 813 g/mol. The number of carbonyl (C=O) groups is 2. The van der Waals surface area contributed by atoms with Crippen LogP contribution in [0.5, 0.6) is 11.5 Å². The van der Waals surface area contributed by atoms with E-state index in [0.717, 1.165) is 27.8 Å². The maximum absolute atomic E-state index is 12.0. The summed E-state index contributed by atoms with van der Waals surface area (Å²) in [7, 11) is 0. The van der Waals surface area contributed by atoms with Crippen molar-refractivity contribution in [2.45, 2.75) is 71.0 Å². The molecule has 12 N–H and O–H groups in total. The Morgan fingerprint density at radius 2 is 1.45 bits per heavy atom. The molecule has 0 aliphatic carbocycles. The van der Waals surface area contributed by atoms with Crippen LogP contribution in [0.15, 0.2) is 83.0 Å². The van der Waals surface area contributed by atoms with Crippen LogP contribution in [-0.2, 0) is 35.9 Å². The zero-order valence-corrected chi connectivity index (χ0v) is 32.9. The second-order valence-corrected chi connectivity index (χ2v) is 13.8. The highest BCUT2D eigenvalue weighted by atomic mass is 35.5. The molecular weight excluding hydrogens is 764 g/mol. The van der Waals surface area contributed by atoms with Crippen LogP contribution < -0.4 is 43.0 Å². The molecule has 3 aromatic carbocycles. The Morgan fingerprint density at radius 1 is 0.810 bits per heavy atom. The number of guanidine groups is 2. The maximum Gasteiger partial charge on any atom is 0.320 e. The van der Waals surface area contributed by atoms with Gasteiger partial charge in [-0.2, -0.15) is 5.26 Å². The number of carboxylic acids is 2. The molecule has 0 unspecified atom stereocenters. The lowest BCUT2D eigenvalue weighted by molar-refractivity contribution is -0.140. The number of nitrogens with two attached hydrogens (primary N) is 4. The van der Waals surface area contributed by atoms with Crippen LogP contribution in [0.1, 0.15) is 59.1 Å². The molecule has 2 atom stereocenters. The van der Waals surface area contributed by atoms with Gasteiger partial charge < -0.3 is 53.3 Å². The van der Waals surface area contributed by atoms with E-state index in [0.29, 0.717) is 72.1 Å². The zero-order valence-electron chi connectivity index (χ0n) is 32.2. The summed E-state index contributed by atoms with van der Waals surface area (Å²) in [5.74, 6) is -1.32. The number of nitriles is 1. The number of benzene rings is 3. The first kappa shape index (κ1) is 44.3. The minimum absolute atomic E-state index is 0.0265. The fourth-order valence-corrected chi connectivity index (χ4v) is 6.25.